The Morgan fingerprint density at radius 1 is 1.33 bits per heavy atom. The van der Waals surface area contributed by atoms with Gasteiger partial charge in [-0.15, -0.1) is 0 Å². The second-order valence-electron chi connectivity index (χ2n) is 7.23. The lowest BCUT2D eigenvalue weighted by atomic mass is 10.0. The predicted octanol–water partition coefficient (Wildman–Crippen LogP) is 0.664. The molecule has 1 aromatic rings. The summed E-state index contributed by atoms with van der Waals surface area (Å²) < 4.78 is 6.43. The summed E-state index contributed by atoms with van der Waals surface area (Å²) in [5.74, 6) is 0.815. The van der Waals surface area contributed by atoms with Crippen LogP contribution in [0.25, 0.3) is 0 Å². The van der Waals surface area contributed by atoms with E-state index in [2.05, 4.69) is 25.4 Å². The molecular weight excluding hydrogens is 324 g/mol. The van der Waals surface area contributed by atoms with Crippen molar-refractivity contribution in [3.8, 4) is 5.75 Å². The van der Waals surface area contributed by atoms with Gasteiger partial charge in [0.05, 0.1) is 45.4 Å². The number of hydrogen-bond acceptors (Lipinski definition) is 2. The quantitative estimate of drug-likeness (QED) is 0.789. The molecule has 5 heteroatoms. The van der Waals surface area contributed by atoms with Crippen LogP contribution < -0.4 is 22.5 Å². The minimum Gasteiger partial charge on any atom is -1.00 e. The standard InChI is InChI=1S/C19H30N2O2.ClH/c1-14-12-15(2)19(17(13-14)23-5)20-18(22)9-11-21(4)10-7-6-8-16(21)3;/h12-13,16H,6-11H2,1-5H3;1H. The molecule has 1 aromatic carbocycles. The maximum absolute atomic E-state index is 12.4. The van der Waals surface area contributed by atoms with Gasteiger partial charge < -0.3 is 26.9 Å². The summed E-state index contributed by atoms with van der Waals surface area (Å²) in [5, 5.41) is 3.05. The molecule has 4 nitrogen and oxygen atoms in total. The van der Waals surface area contributed by atoms with Gasteiger partial charge >= 0.3 is 0 Å². The number of carbonyl (C=O) groups is 1. The Kier molecular flexibility index (Phi) is 7.56. The Labute approximate surface area is 152 Å². The molecule has 1 N–H and O–H groups in total. The number of aryl methyl sites for hydroxylation is 2. The molecule has 1 amide bonds. The van der Waals surface area contributed by atoms with Crippen molar-refractivity contribution in [2.75, 3.05) is 32.6 Å². The zero-order valence-corrected chi connectivity index (χ0v) is 16.4. The molecule has 0 aliphatic carbocycles. The molecule has 2 atom stereocenters. The molecule has 0 bridgehead atoms. The molecule has 2 unspecified atom stereocenters. The fourth-order valence-electron chi connectivity index (χ4n) is 3.59. The third-order valence-electron chi connectivity index (χ3n) is 5.38. The lowest BCUT2D eigenvalue weighted by Gasteiger charge is -2.43. The van der Waals surface area contributed by atoms with Gasteiger partial charge in [0.25, 0.3) is 0 Å². The molecule has 0 radical (unpaired) electrons. The van der Waals surface area contributed by atoms with Crippen LogP contribution in [0.4, 0.5) is 5.69 Å². The van der Waals surface area contributed by atoms with Gasteiger partial charge in [-0.25, -0.2) is 0 Å². The molecule has 0 spiro atoms. The number of hydrogen-bond donors (Lipinski definition) is 1. The number of anilines is 1. The van der Waals surface area contributed by atoms with Crippen LogP contribution in [0.5, 0.6) is 5.75 Å². The number of quaternary nitrogens is 1. The number of piperidine rings is 1. The second kappa shape index (κ2) is 8.72. The molecule has 1 fully saturated rings. The maximum Gasteiger partial charge on any atom is 0.230 e. The number of ether oxygens (including phenoxy) is 1. The Bertz CT molecular complexity index is 577. The van der Waals surface area contributed by atoms with E-state index in [0.29, 0.717) is 12.5 Å². The van der Waals surface area contributed by atoms with E-state index in [4.69, 9.17) is 4.74 Å². The van der Waals surface area contributed by atoms with E-state index in [9.17, 15) is 4.79 Å². The molecule has 136 valence electrons. The van der Waals surface area contributed by atoms with Crippen LogP contribution in [-0.4, -0.2) is 43.7 Å². The van der Waals surface area contributed by atoms with E-state index in [1.165, 1.54) is 25.8 Å². The summed E-state index contributed by atoms with van der Waals surface area (Å²) in [6, 6.07) is 4.68. The summed E-state index contributed by atoms with van der Waals surface area (Å²) in [6.45, 7) is 8.43. The number of methoxy groups -OCH3 is 1. The van der Waals surface area contributed by atoms with E-state index < -0.39 is 0 Å². The Balaban J connectivity index is 0.00000288. The number of amides is 1. The lowest BCUT2D eigenvalue weighted by molar-refractivity contribution is -0.935. The summed E-state index contributed by atoms with van der Waals surface area (Å²) >= 11 is 0. The fourth-order valence-corrected chi connectivity index (χ4v) is 3.59. The molecule has 1 aliphatic rings. The van der Waals surface area contributed by atoms with Crippen LogP contribution in [0.1, 0.15) is 43.7 Å². The Morgan fingerprint density at radius 3 is 2.67 bits per heavy atom. The topological polar surface area (TPSA) is 38.3 Å². The number of halogens is 1. The van der Waals surface area contributed by atoms with Crippen molar-refractivity contribution in [2.45, 2.75) is 52.5 Å². The third-order valence-corrected chi connectivity index (χ3v) is 5.38. The number of rotatable bonds is 5. The first kappa shape index (κ1) is 20.8. The highest BCUT2D eigenvalue weighted by Crippen LogP contribution is 2.30. The van der Waals surface area contributed by atoms with E-state index in [0.717, 1.165) is 33.6 Å². The van der Waals surface area contributed by atoms with Crippen LogP contribution >= 0.6 is 0 Å². The fraction of sp³-hybridized carbons (Fsp3) is 0.632. The van der Waals surface area contributed by atoms with Crippen LogP contribution in [0.3, 0.4) is 0 Å². The van der Waals surface area contributed by atoms with Gasteiger partial charge in [0.15, 0.2) is 0 Å². The van der Waals surface area contributed by atoms with Gasteiger partial charge in [-0.05, 0) is 57.2 Å². The summed E-state index contributed by atoms with van der Waals surface area (Å²) in [7, 11) is 3.93. The SMILES string of the molecule is COc1cc(C)cc(C)c1NC(=O)CC[N+]1(C)CCCCC1C.[Cl-]. The van der Waals surface area contributed by atoms with E-state index in [-0.39, 0.29) is 18.3 Å². The van der Waals surface area contributed by atoms with E-state index >= 15 is 0 Å². The number of nitrogens with one attached hydrogen (secondary N) is 1. The number of carbonyl (C=O) groups excluding carboxylic acids is 1. The highest BCUT2D eigenvalue weighted by molar-refractivity contribution is 5.93. The van der Waals surface area contributed by atoms with Crippen molar-refractivity contribution in [3.63, 3.8) is 0 Å². The van der Waals surface area contributed by atoms with Gasteiger partial charge in [-0.2, -0.15) is 0 Å². The van der Waals surface area contributed by atoms with Crippen LogP contribution in [0, 0.1) is 13.8 Å². The summed E-state index contributed by atoms with van der Waals surface area (Å²) in [6.07, 6.45) is 4.41. The first-order chi connectivity index (χ1) is 10.9. The number of likely N-dealkylation sites (tertiary alicyclic amines) is 1. The summed E-state index contributed by atoms with van der Waals surface area (Å²) in [4.78, 5) is 12.4. The molecule has 0 saturated carbocycles. The zero-order chi connectivity index (χ0) is 17.0. The van der Waals surface area contributed by atoms with Crippen LogP contribution in [-0.2, 0) is 4.79 Å². The van der Waals surface area contributed by atoms with Crippen LogP contribution in [0.2, 0.25) is 0 Å². The van der Waals surface area contributed by atoms with Gasteiger partial charge in [0, 0.05) is 0 Å². The van der Waals surface area contributed by atoms with Crippen LogP contribution in [0.15, 0.2) is 12.1 Å². The lowest BCUT2D eigenvalue weighted by Crippen LogP contribution is -3.00. The molecule has 1 aliphatic heterocycles. The minimum absolute atomic E-state index is 0. The monoisotopic (exact) mass is 354 g/mol. The zero-order valence-electron chi connectivity index (χ0n) is 15.6. The van der Waals surface area contributed by atoms with E-state index in [1.54, 1.807) is 7.11 Å². The third kappa shape index (κ3) is 4.87. The van der Waals surface area contributed by atoms with Crippen molar-refractivity contribution >= 4 is 11.6 Å². The smallest absolute Gasteiger partial charge is 0.230 e. The average Bonchev–Trinajstić information content (AvgIpc) is 2.51. The van der Waals surface area contributed by atoms with E-state index in [1.807, 2.05) is 19.9 Å². The van der Waals surface area contributed by atoms with Crippen molar-refractivity contribution in [3.05, 3.63) is 23.3 Å². The largest absolute Gasteiger partial charge is 1.00 e. The molecule has 2 rings (SSSR count). The molecule has 1 saturated heterocycles. The maximum atomic E-state index is 12.4. The Hall–Kier alpha value is -1.26. The molecule has 1 heterocycles. The van der Waals surface area contributed by atoms with Crippen molar-refractivity contribution in [2.24, 2.45) is 0 Å². The van der Waals surface area contributed by atoms with Gasteiger partial charge in [0.1, 0.15) is 5.75 Å². The van der Waals surface area contributed by atoms with Crippen molar-refractivity contribution < 1.29 is 26.4 Å². The van der Waals surface area contributed by atoms with Gasteiger partial charge in [-0.1, -0.05) is 6.07 Å². The molecule has 0 aromatic heterocycles. The normalized spacial score (nSPS) is 23.3. The first-order valence-corrected chi connectivity index (χ1v) is 8.65. The highest BCUT2D eigenvalue weighted by Gasteiger charge is 2.32. The average molecular weight is 355 g/mol. The predicted molar refractivity (Wildman–Crippen MR) is 94.9 cm³/mol. The molecule has 24 heavy (non-hydrogen) atoms. The number of nitrogens with zero attached hydrogens (tertiary/aromatic N) is 1. The number of benzene rings is 1. The second-order valence-corrected chi connectivity index (χ2v) is 7.23. The first-order valence-electron chi connectivity index (χ1n) is 8.65. The van der Waals surface area contributed by atoms with Crippen molar-refractivity contribution in [1.82, 2.24) is 0 Å². The Morgan fingerprint density at radius 2 is 2.04 bits per heavy atom. The van der Waals surface area contributed by atoms with Gasteiger partial charge in [-0.3, -0.25) is 4.79 Å². The van der Waals surface area contributed by atoms with Crippen molar-refractivity contribution in [1.29, 1.82) is 0 Å². The van der Waals surface area contributed by atoms with Gasteiger partial charge in [0.2, 0.25) is 5.91 Å². The highest BCUT2D eigenvalue weighted by atomic mass is 35.5. The minimum atomic E-state index is 0. The summed E-state index contributed by atoms with van der Waals surface area (Å²) in [5.41, 5.74) is 2.98. The molecular formula is C19H31ClN2O2.